The largest absolute Gasteiger partial charge is 0.493 e. The topological polar surface area (TPSA) is 47.6 Å². The van der Waals surface area contributed by atoms with Crippen molar-refractivity contribution in [1.82, 2.24) is 5.32 Å². The highest BCUT2D eigenvalue weighted by molar-refractivity contribution is 6.32. The van der Waals surface area contributed by atoms with Crippen molar-refractivity contribution in [2.45, 2.75) is 39.7 Å². The van der Waals surface area contributed by atoms with Gasteiger partial charge in [0.2, 0.25) is 0 Å². The molecule has 0 aliphatic rings. The highest BCUT2D eigenvalue weighted by atomic mass is 35.5. The first-order valence-corrected chi connectivity index (χ1v) is 7.22. The number of hydrogen-bond donors (Lipinski definition) is 1. The van der Waals surface area contributed by atoms with Crippen molar-refractivity contribution in [3.63, 3.8) is 0 Å². The second kappa shape index (κ2) is 8.00. The summed E-state index contributed by atoms with van der Waals surface area (Å²) in [7, 11) is 1.53. The maximum Gasteiger partial charge on any atom is 0.251 e. The van der Waals surface area contributed by atoms with E-state index >= 15 is 0 Å². The molecular formula is C15H22ClNO3. The number of benzene rings is 1. The number of methoxy groups -OCH3 is 1. The van der Waals surface area contributed by atoms with Gasteiger partial charge in [-0.05, 0) is 31.9 Å². The Kier molecular flexibility index (Phi) is 6.65. The molecule has 0 aromatic heterocycles. The number of nitrogens with one attached hydrogen (secondary N) is 1. The third kappa shape index (κ3) is 4.30. The van der Waals surface area contributed by atoms with Gasteiger partial charge in [0.25, 0.3) is 5.91 Å². The molecule has 1 unspecified atom stereocenters. The molecule has 0 spiro atoms. The molecule has 5 heteroatoms. The zero-order valence-electron chi connectivity index (χ0n) is 12.5. The Bertz CT molecular complexity index is 463. The highest BCUT2D eigenvalue weighted by Gasteiger charge is 2.16. The first-order valence-electron chi connectivity index (χ1n) is 6.84. The molecule has 0 saturated heterocycles. The first kappa shape index (κ1) is 16.6. The van der Waals surface area contributed by atoms with E-state index in [9.17, 15) is 4.79 Å². The smallest absolute Gasteiger partial charge is 0.251 e. The number of carbonyl (C=O) groups excluding carboxylic acids is 1. The molecule has 1 aromatic carbocycles. The molecule has 1 N–H and O–H groups in total. The maximum atomic E-state index is 12.1. The molecule has 1 aromatic rings. The summed E-state index contributed by atoms with van der Waals surface area (Å²) >= 11 is 6.18. The maximum absolute atomic E-state index is 12.1. The minimum Gasteiger partial charge on any atom is -0.493 e. The summed E-state index contributed by atoms with van der Waals surface area (Å²) in [5, 5.41) is 3.27. The Morgan fingerprint density at radius 1 is 1.40 bits per heavy atom. The van der Waals surface area contributed by atoms with Crippen LogP contribution in [0.5, 0.6) is 11.5 Å². The number of hydrogen-bond acceptors (Lipinski definition) is 3. The van der Waals surface area contributed by atoms with Gasteiger partial charge >= 0.3 is 0 Å². The molecule has 0 heterocycles. The number of carbonyl (C=O) groups is 1. The molecule has 20 heavy (non-hydrogen) atoms. The third-order valence-electron chi connectivity index (χ3n) is 2.93. The summed E-state index contributed by atoms with van der Waals surface area (Å²) in [5.74, 6) is 0.790. The summed E-state index contributed by atoms with van der Waals surface area (Å²) < 4.78 is 10.8. The van der Waals surface area contributed by atoms with Crippen LogP contribution in [0.15, 0.2) is 12.1 Å². The van der Waals surface area contributed by atoms with Gasteiger partial charge in [0.15, 0.2) is 11.5 Å². The number of amides is 1. The van der Waals surface area contributed by atoms with Gasteiger partial charge in [0.05, 0.1) is 18.7 Å². The molecule has 0 aliphatic carbocycles. The zero-order valence-corrected chi connectivity index (χ0v) is 13.2. The van der Waals surface area contributed by atoms with E-state index in [0.717, 1.165) is 12.8 Å². The molecule has 0 bridgehead atoms. The lowest BCUT2D eigenvalue weighted by Gasteiger charge is -2.15. The van der Waals surface area contributed by atoms with Crippen LogP contribution in [-0.4, -0.2) is 25.7 Å². The molecular weight excluding hydrogens is 278 g/mol. The summed E-state index contributed by atoms with van der Waals surface area (Å²) in [4.78, 5) is 12.1. The van der Waals surface area contributed by atoms with Gasteiger partial charge < -0.3 is 14.8 Å². The van der Waals surface area contributed by atoms with Crippen molar-refractivity contribution in [3.05, 3.63) is 22.7 Å². The minimum absolute atomic E-state index is 0.114. The Balaban J connectivity index is 3.00. The van der Waals surface area contributed by atoms with Gasteiger partial charge in [0, 0.05) is 11.6 Å². The SMILES string of the molecule is CCCOc1c(Cl)cc(C(=O)NC(C)CC)cc1OC. The van der Waals surface area contributed by atoms with E-state index < -0.39 is 0 Å². The van der Waals surface area contributed by atoms with Crippen LogP contribution in [0.2, 0.25) is 5.02 Å². The van der Waals surface area contributed by atoms with Gasteiger partial charge in [-0.3, -0.25) is 4.79 Å². The molecule has 0 saturated carbocycles. The highest BCUT2D eigenvalue weighted by Crippen LogP contribution is 2.36. The number of ether oxygens (including phenoxy) is 2. The van der Waals surface area contributed by atoms with Gasteiger partial charge in [0.1, 0.15) is 0 Å². The summed E-state index contributed by atoms with van der Waals surface area (Å²) in [5.41, 5.74) is 0.469. The van der Waals surface area contributed by atoms with E-state index in [2.05, 4.69) is 5.32 Å². The average molecular weight is 300 g/mol. The van der Waals surface area contributed by atoms with E-state index in [0.29, 0.717) is 28.7 Å². The molecule has 4 nitrogen and oxygen atoms in total. The molecule has 1 atom stereocenters. The fraction of sp³-hybridized carbons (Fsp3) is 0.533. The zero-order chi connectivity index (χ0) is 15.1. The Morgan fingerprint density at radius 2 is 2.10 bits per heavy atom. The van der Waals surface area contributed by atoms with Crippen LogP contribution in [0.25, 0.3) is 0 Å². The Hall–Kier alpha value is -1.42. The van der Waals surface area contributed by atoms with Crippen LogP contribution < -0.4 is 14.8 Å². The lowest BCUT2D eigenvalue weighted by atomic mass is 10.1. The van der Waals surface area contributed by atoms with Crippen molar-refractivity contribution in [1.29, 1.82) is 0 Å². The van der Waals surface area contributed by atoms with Gasteiger partial charge in [-0.15, -0.1) is 0 Å². The van der Waals surface area contributed by atoms with Crippen LogP contribution in [0.4, 0.5) is 0 Å². The second-order valence-corrected chi connectivity index (χ2v) is 5.03. The quantitative estimate of drug-likeness (QED) is 0.835. The fourth-order valence-electron chi connectivity index (χ4n) is 1.60. The van der Waals surface area contributed by atoms with Crippen LogP contribution in [0.1, 0.15) is 44.0 Å². The summed E-state index contributed by atoms with van der Waals surface area (Å²) in [6, 6.07) is 3.37. The molecule has 0 fully saturated rings. The standard InChI is InChI=1S/C15H22ClNO3/c1-5-7-20-14-12(16)8-11(9-13(14)19-4)15(18)17-10(3)6-2/h8-10H,5-7H2,1-4H3,(H,17,18). The predicted octanol–water partition coefficient (Wildman–Crippen LogP) is 3.67. The van der Waals surface area contributed by atoms with E-state index in [1.54, 1.807) is 12.1 Å². The Morgan fingerprint density at radius 3 is 2.65 bits per heavy atom. The molecule has 1 rings (SSSR count). The monoisotopic (exact) mass is 299 g/mol. The normalized spacial score (nSPS) is 11.8. The lowest BCUT2D eigenvalue weighted by Crippen LogP contribution is -2.31. The van der Waals surface area contributed by atoms with Crippen molar-refractivity contribution in [2.24, 2.45) is 0 Å². The van der Waals surface area contributed by atoms with Crippen LogP contribution in [0, 0.1) is 0 Å². The first-order chi connectivity index (χ1) is 9.53. The molecule has 112 valence electrons. The lowest BCUT2D eigenvalue weighted by molar-refractivity contribution is 0.0939. The van der Waals surface area contributed by atoms with Gasteiger partial charge in [-0.25, -0.2) is 0 Å². The minimum atomic E-state index is -0.165. The van der Waals surface area contributed by atoms with Crippen molar-refractivity contribution in [2.75, 3.05) is 13.7 Å². The summed E-state index contributed by atoms with van der Waals surface area (Å²) in [6.45, 7) is 6.53. The number of halogens is 1. The van der Waals surface area contributed by atoms with Crippen molar-refractivity contribution >= 4 is 17.5 Å². The molecule has 0 aliphatic heterocycles. The van der Waals surface area contributed by atoms with Crippen molar-refractivity contribution in [3.8, 4) is 11.5 Å². The molecule has 1 amide bonds. The number of rotatable bonds is 7. The van der Waals surface area contributed by atoms with Gasteiger partial charge in [-0.1, -0.05) is 25.4 Å². The Labute approximate surface area is 125 Å². The van der Waals surface area contributed by atoms with Crippen molar-refractivity contribution < 1.29 is 14.3 Å². The van der Waals surface area contributed by atoms with E-state index in [4.69, 9.17) is 21.1 Å². The molecule has 0 radical (unpaired) electrons. The van der Waals surface area contributed by atoms with E-state index in [1.807, 2.05) is 20.8 Å². The summed E-state index contributed by atoms with van der Waals surface area (Å²) in [6.07, 6.45) is 1.74. The third-order valence-corrected chi connectivity index (χ3v) is 3.21. The van der Waals surface area contributed by atoms with Crippen LogP contribution in [-0.2, 0) is 0 Å². The average Bonchev–Trinajstić information content (AvgIpc) is 2.44. The van der Waals surface area contributed by atoms with Gasteiger partial charge in [-0.2, -0.15) is 0 Å². The van der Waals surface area contributed by atoms with Crippen LogP contribution >= 0.6 is 11.6 Å². The van der Waals surface area contributed by atoms with E-state index in [1.165, 1.54) is 7.11 Å². The van der Waals surface area contributed by atoms with Crippen LogP contribution in [0.3, 0.4) is 0 Å². The predicted molar refractivity (Wildman–Crippen MR) is 81.0 cm³/mol. The fourth-order valence-corrected chi connectivity index (χ4v) is 1.87. The van der Waals surface area contributed by atoms with E-state index in [-0.39, 0.29) is 11.9 Å². The second-order valence-electron chi connectivity index (χ2n) is 4.62.